The molecular formula is C23H20N4O3. The number of aliphatic carboxylic acids is 1. The van der Waals surface area contributed by atoms with Crippen molar-refractivity contribution in [3.8, 4) is 0 Å². The SMILES string of the molecule is Cc1ccc(NC(=O)c2cnn3c2NC(C(=O)O)=C[C@@H]3/C=C/c2ccccc2)cc1. The second-order valence-electron chi connectivity index (χ2n) is 6.94. The van der Waals surface area contributed by atoms with Gasteiger partial charge in [-0.15, -0.1) is 0 Å². The molecule has 150 valence electrons. The normalized spacial score (nSPS) is 15.2. The summed E-state index contributed by atoms with van der Waals surface area (Å²) in [5.74, 6) is -1.14. The summed E-state index contributed by atoms with van der Waals surface area (Å²) < 4.78 is 1.59. The number of nitrogens with zero attached hydrogens (tertiary/aromatic N) is 2. The molecule has 0 saturated heterocycles. The molecule has 1 atom stereocenters. The second kappa shape index (κ2) is 8.08. The first-order valence-electron chi connectivity index (χ1n) is 9.42. The minimum atomic E-state index is -1.11. The molecule has 0 bridgehead atoms. The third kappa shape index (κ3) is 4.00. The zero-order valence-electron chi connectivity index (χ0n) is 16.2. The van der Waals surface area contributed by atoms with Crippen LogP contribution in [0.4, 0.5) is 11.5 Å². The smallest absolute Gasteiger partial charge is 0.352 e. The summed E-state index contributed by atoms with van der Waals surface area (Å²) in [6.07, 6.45) is 6.73. The van der Waals surface area contributed by atoms with Crippen LogP contribution in [0, 0.1) is 6.92 Å². The van der Waals surface area contributed by atoms with Crippen LogP contribution in [0.1, 0.15) is 27.5 Å². The van der Waals surface area contributed by atoms with Crippen molar-refractivity contribution in [2.24, 2.45) is 0 Å². The van der Waals surface area contributed by atoms with Gasteiger partial charge < -0.3 is 15.7 Å². The van der Waals surface area contributed by atoms with Gasteiger partial charge >= 0.3 is 5.97 Å². The Morgan fingerprint density at radius 2 is 1.87 bits per heavy atom. The molecule has 2 heterocycles. The highest BCUT2D eigenvalue weighted by molar-refractivity contribution is 6.08. The average molecular weight is 400 g/mol. The molecule has 3 N–H and O–H groups in total. The Balaban J connectivity index is 1.64. The van der Waals surface area contributed by atoms with Crippen LogP contribution >= 0.6 is 0 Å². The van der Waals surface area contributed by atoms with E-state index in [1.807, 2.05) is 73.7 Å². The lowest BCUT2D eigenvalue weighted by Crippen LogP contribution is -2.24. The number of anilines is 2. The maximum atomic E-state index is 12.8. The van der Waals surface area contributed by atoms with Crippen LogP contribution in [-0.2, 0) is 4.79 Å². The number of hydrogen-bond donors (Lipinski definition) is 3. The molecule has 2 aromatic carbocycles. The fourth-order valence-electron chi connectivity index (χ4n) is 3.16. The van der Waals surface area contributed by atoms with E-state index in [9.17, 15) is 14.7 Å². The largest absolute Gasteiger partial charge is 0.477 e. The Labute approximate surface area is 173 Å². The Hall–Kier alpha value is -4.13. The quantitative estimate of drug-likeness (QED) is 0.599. The molecule has 1 aromatic heterocycles. The highest BCUT2D eigenvalue weighted by Gasteiger charge is 2.27. The summed E-state index contributed by atoms with van der Waals surface area (Å²) in [7, 11) is 0. The number of rotatable bonds is 5. The van der Waals surface area contributed by atoms with Gasteiger partial charge in [0, 0.05) is 5.69 Å². The first-order chi connectivity index (χ1) is 14.5. The number of carbonyl (C=O) groups excluding carboxylic acids is 1. The molecule has 7 nitrogen and oxygen atoms in total. The van der Waals surface area contributed by atoms with Gasteiger partial charge in [0.25, 0.3) is 5.91 Å². The van der Waals surface area contributed by atoms with Gasteiger partial charge in [-0.1, -0.05) is 60.2 Å². The number of fused-ring (bicyclic) bond motifs is 1. The molecule has 0 radical (unpaired) electrons. The number of carboxylic acids is 1. The highest BCUT2D eigenvalue weighted by Crippen LogP contribution is 2.29. The maximum absolute atomic E-state index is 12.8. The summed E-state index contributed by atoms with van der Waals surface area (Å²) in [4.78, 5) is 24.4. The summed E-state index contributed by atoms with van der Waals surface area (Å²) >= 11 is 0. The summed E-state index contributed by atoms with van der Waals surface area (Å²) in [6.45, 7) is 1.96. The van der Waals surface area contributed by atoms with Gasteiger partial charge in [-0.25, -0.2) is 9.48 Å². The zero-order chi connectivity index (χ0) is 21.1. The van der Waals surface area contributed by atoms with Crippen molar-refractivity contribution in [1.82, 2.24) is 9.78 Å². The third-order valence-electron chi connectivity index (χ3n) is 4.74. The molecular weight excluding hydrogens is 380 g/mol. The van der Waals surface area contributed by atoms with E-state index in [4.69, 9.17) is 0 Å². The van der Waals surface area contributed by atoms with E-state index in [1.165, 1.54) is 6.20 Å². The van der Waals surface area contributed by atoms with Gasteiger partial charge in [0.05, 0.1) is 12.2 Å². The van der Waals surface area contributed by atoms with Gasteiger partial charge in [-0.05, 0) is 30.7 Å². The minimum Gasteiger partial charge on any atom is -0.477 e. The fraction of sp³-hybridized carbons (Fsp3) is 0.0870. The van der Waals surface area contributed by atoms with Crippen molar-refractivity contribution in [3.63, 3.8) is 0 Å². The predicted molar refractivity (Wildman–Crippen MR) is 115 cm³/mol. The van der Waals surface area contributed by atoms with Crippen LogP contribution in [0.25, 0.3) is 6.08 Å². The molecule has 3 aromatic rings. The van der Waals surface area contributed by atoms with Crippen LogP contribution in [-0.4, -0.2) is 26.8 Å². The van der Waals surface area contributed by atoms with E-state index in [0.29, 0.717) is 11.5 Å². The fourth-order valence-corrected chi connectivity index (χ4v) is 3.16. The number of nitrogens with one attached hydrogen (secondary N) is 2. The van der Waals surface area contributed by atoms with Gasteiger partial charge in [-0.3, -0.25) is 4.79 Å². The van der Waals surface area contributed by atoms with Crippen LogP contribution < -0.4 is 10.6 Å². The van der Waals surface area contributed by atoms with Crippen LogP contribution in [0.3, 0.4) is 0 Å². The van der Waals surface area contributed by atoms with Gasteiger partial charge in [0.15, 0.2) is 0 Å². The number of aryl methyl sites for hydroxylation is 1. The number of aromatic nitrogens is 2. The van der Waals surface area contributed by atoms with Crippen LogP contribution in [0.15, 0.2) is 78.6 Å². The van der Waals surface area contributed by atoms with E-state index in [0.717, 1.165) is 11.1 Å². The highest BCUT2D eigenvalue weighted by atomic mass is 16.4. The Kier molecular flexibility index (Phi) is 5.17. The number of allylic oxidation sites excluding steroid dienone is 2. The minimum absolute atomic E-state index is 0.00454. The van der Waals surface area contributed by atoms with Gasteiger partial charge in [-0.2, -0.15) is 5.10 Å². The van der Waals surface area contributed by atoms with Crippen molar-refractivity contribution < 1.29 is 14.7 Å². The van der Waals surface area contributed by atoms with Crippen molar-refractivity contribution in [1.29, 1.82) is 0 Å². The number of benzene rings is 2. The summed E-state index contributed by atoms with van der Waals surface area (Å²) in [5.41, 5.74) is 2.97. The number of hydrogen-bond acceptors (Lipinski definition) is 4. The molecule has 4 rings (SSSR count). The second-order valence-corrected chi connectivity index (χ2v) is 6.94. The van der Waals surface area contributed by atoms with Crippen LogP contribution in [0.2, 0.25) is 0 Å². The van der Waals surface area contributed by atoms with Crippen molar-refractivity contribution in [2.45, 2.75) is 13.0 Å². The Morgan fingerprint density at radius 3 is 2.57 bits per heavy atom. The topological polar surface area (TPSA) is 96.3 Å². The van der Waals surface area contributed by atoms with E-state index in [-0.39, 0.29) is 17.2 Å². The monoisotopic (exact) mass is 400 g/mol. The number of carboxylic acid groups (broad SMARTS) is 1. The lowest BCUT2D eigenvalue weighted by atomic mass is 10.1. The van der Waals surface area contributed by atoms with E-state index < -0.39 is 12.0 Å². The lowest BCUT2D eigenvalue weighted by Gasteiger charge is -2.22. The number of amides is 1. The molecule has 30 heavy (non-hydrogen) atoms. The summed E-state index contributed by atoms with van der Waals surface area (Å²) in [5, 5.41) is 19.5. The number of carbonyl (C=O) groups is 2. The molecule has 1 aliphatic rings. The molecule has 7 heteroatoms. The molecule has 0 saturated carbocycles. The lowest BCUT2D eigenvalue weighted by molar-refractivity contribution is -0.132. The molecule has 1 amide bonds. The first-order valence-corrected chi connectivity index (χ1v) is 9.42. The molecule has 0 spiro atoms. The van der Waals surface area contributed by atoms with Gasteiger partial charge in [0.1, 0.15) is 17.1 Å². The average Bonchev–Trinajstić information content (AvgIpc) is 3.18. The maximum Gasteiger partial charge on any atom is 0.352 e. The van der Waals surface area contributed by atoms with Gasteiger partial charge in [0.2, 0.25) is 0 Å². The predicted octanol–water partition coefficient (Wildman–Crippen LogP) is 4.09. The molecule has 0 unspecified atom stereocenters. The third-order valence-corrected chi connectivity index (χ3v) is 4.74. The Morgan fingerprint density at radius 1 is 1.13 bits per heavy atom. The van der Waals surface area contributed by atoms with Crippen LogP contribution in [0.5, 0.6) is 0 Å². The van der Waals surface area contributed by atoms with E-state index in [1.54, 1.807) is 10.8 Å². The van der Waals surface area contributed by atoms with Crippen molar-refractivity contribution in [2.75, 3.05) is 10.6 Å². The summed E-state index contributed by atoms with van der Waals surface area (Å²) in [6, 6.07) is 16.6. The Bertz CT molecular complexity index is 1140. The van der Waals surface area contributed by atoms with E-state index >= 15 is 0 Å². The van der Waals surface area contributed by atoms with Crippen molar-refractivity contribution >= 4 is 29.5 Å². The first kappa shape index (κ1) is 19.2. The van der Waals surface area contributed by atoms with E-state index in [2.05, 4.69) is 15.7 Å². The molecule has 1 aliphatic heterocycles. The zero-order valence-corrected chi connectivity index (χ0v) is 16.2. The standard InChI is InChI=1S/C23H20N4O3/c1-15-7-10-17(11-8-15)25-22(28)19-14-24-27-18(12-9-16-5-3-2-4-6-16)13-20(23(29)30)26-21(19)27/h2-14,18,26H,1H3,(H,25,28)(H,29,30)/b12-9+/t18-/m0/s1. The molecule has 0 aliphatic carbocycles. The van der Waals surface area contributed by atoms with Crippen molar-refractivity contribution in [3.05, 3.63) is 95.3 Å². The molecule has 0 fully saturated rings.